The molecular weight excluding hydrogens is 386 g/mol. The van der Waals surface area contributed by atoms with Crippen LogP contribution in [0, 0.1) is 0 Å². The molecule has 2 N–H and O–H groups in total. The second-order valence-corrected chi connectivity index (χ2v) is 6.92. The summed E-state index contributed by atoms with van der Waals surface area (Å²) < 4.78 is 5.74. The highest BCUT2D eigenvalue weighted by molar-refractivity contribution is 7.99. The molecule has 4 rings (SSSR count). The summed E-state index contributed by atoms with van der Waals surface area (Å²) in [7, 11) is 0. The van der Waals surface area contributed by atoms with Gasteiger partial charge in [0.2, 0.25) is 11.1 Å². The molecule has 0 saturated heterocycles. The number of hydrogen-bond acceptors (Lipinski definition) is 6. The second-order valence-electron chi connectivity index (χ2n) is 5.98. The van der Waals surface area contributed by atoms with Crippen LogP contribution in [0.2, 0.25) is 0 Å². The van der Waals surface area contributed by atoms with Gasteiger partial charge < -0.3 is 10.1 Å². The highest BCUT2D eigenvalue weighted by Gasteiger charge is 2.09. The monoisotopic (exact) mass is 403 g/mol. The second kappa shape index (κ2) is 9.03. The third-order valence-corrected chi connectivity index (χ3v) is 4.72. The van der Waals surface area contributed by atoms with E-state index in [-0.39, 0.29) is 11.7 Å². The first-order valence-corrected chi connectivity index (χ1v) is 9.83. The summed E-state index contributed by atoms with van der Waals surface area (Å²) in [6.45, 7) is 0. The number of ether oxygens (including phenoxy) is 1. The fraction of sp³-hybridized carbons (Fsp3) is 0.0476. The summed E-state index contributed by atoms with van der Waals surface area (Å²) >= 11 is 1.26. The van der Waals surface area contributed by atoms with Gasteiger partial charge in [-0.25, -0.2) is 4.98 Å². The van der Waals surface area contributed by atoms with Crippen molar-refractivity contribution in [2.45, 2.75) is 5.16 Å². The zero-order chi connectivity index (χ0) is 19.9. The van der Waals surface area contributed by atoms with E-state index >= 15 is 0 Å². The molecule has 4 aromatic rings. The van der Waals surface area contributed by atoms with Gasteiger partial charge in [-0.15, -0.1) is 5.10 Å². The normalized spacial score (nSPS) is 10.5. The number of carbonyl (C=O) groups is 1. The number of anilines is 1. The molecule has 2 aromatic carbocycles. The third kappa shape index (κ3) is 5.20. The topological polar surface area (TPSA) is 92.8 Å². The molecule has 144 valence electrons. The summed E-state index contributed by atoms with van der Waals surface area (Å²) in [6.07, 6.45) is 3.38. The Labute approximate surface area is 171 Å². The van der Waals surface area contributed by atoms with Gasteiger partial charge in [-0.3, -0.25) is 14.9 Å². The Morgan fingerprint density at radius 1 is 0.966 bits per heavy atom. The average molecular weight is 403 g/mol. The standard InChI is InChI=1S/C21H17N5O2S/c27-19(14-29-21-24-20(25-26-21)15-10-12-22-13-11-15)23-16-6-8-18(9-7-16)28-17-4-2-1-3-5-17/h1-13H,14H2,(H,23,27)(H,24,25,26). The maximum absolute atomic E-state index is 12.2. The minimum absolute atomic E-state index is 0.137. The first-order chi connectivity index (χ1) is 14.3. The van der Waals surface area contributed by atoms with Crippen molar-refractivity contribution >= 4 is 23.4 Å². The smallest absolute Gasteiger partial charge is 0.234 e. The van der Waals surface area contributed by atoms with E-state index in [2.05, 4.69) is 25.5 Å². The fourth-order valence-corrected chi connectivity index (χ4v) is 3.11. The van der Waals surface area contributed by atoms with Gasteiger partial charge in [0, 0.05) is 23.6 Å². The lowest BCUT2D eigenvalue weighted by molar-refractivity contribution is -0.113. The predicted octanol–water partition coefficient (Wildman–Crippen LogP) is 4.39. The lowest BCUT2D eigenvalue weighted by Gasteiger charge is -2.07. The Balaban J connectivity index is 1.28. The van der Waals surface area contributed by atoms with E-state index in [1.54, 1.807) is 24.5 Å². The molecule has 8 heteroatoms. The zero-order valence-electron chi connectivity index (χ0n) is 15.3. The third-order valence-electron chi connectivity index (χ3n) is 3.87. The van der Waals surface area contributed by atoms with Crippen LogP contribution in [0.25, 0.3) is 11.4 Å². The quantitative estimate of drug-likeness (QED) is 0.445. The van der Waals surface area contributed by atoms with Gasteiger partial charge >= 0.3 is 0 Å². The van der Waals surface area contributed by atoms with Gasteiger partial charge in [0.1, 0.15) is 11.5 Å². The Bertz CT molecular complexity index is 1070. The average Bonchev–Trinajstić information content (AvgIpc) is 3.24. The van der Waals surface area contributed by atoms with Crippen LogP contribution in [0.4, 0.5) is 5.69 Å². The number of benzene rings is 2. The van der Waals surface area contributed by atoms with Gasteiger partial charge in [-0.2, -0.15) is 0 Å². The number of carbonyl (C=O) groups excluding carboxylic acids is 1. The largest absolute Gasteiger partial charge is 0.457 e. The van der Waals surface area contributed by atoms with E-state index in [1.807, 2.05) is 54.6 Å². The van der Waals surface area contributed by atoms with E-state index in [0.29, 0.717) is 22.4 Å². The Kier molecular flexibility index (Phi) is 5.82. The summed E-state index contributed by atoms with van der Waals surface area (Å²) in [5, 5.41) is 10.4. The molecule has 0 atom stereocenters. The number of nitrogens with zero attached hydrogens (tertiary/aromatic N) is 3. The van der Waals surface area contributed by atoms with Gasteiger partial charge in [-0.05, 0) is 48.5 Å². The first-order valence-electron chi connectivity index (χ1n) is 8.85. The number of pyridine rings is 1. The number of H-pyrrole nitrogens is 1. The number of aromatic nitrogens is 4. The molecule has 2 heterocycles. The Morgan fingerprint density at radius 3 is 2.45 bits per heavy atom. The van der Waals surface area contributed by atoms with Crippen molar-refractivity contribution in [2.75, 3.05) is 11.1 Å². The summed E-state index contributed by atoms with van der Waals surface area (Å²) in [4.78, 5) is 20.6. The Hall–Kier alpha value is -3.65. The molecular formula is C21H17N5O2S. The predicted molar refractivity (Wildman–Crippen MR) is 112 cm³/mol. The van der Waals surface area contributed by atoms with Crippen molar-refractivity contribution in [3.63, 3.8) is 0 Å². The van der Waals surface area contributed by atoms with Crippen LogP contribution < -0.4 is 10.1 Å². The van der Waals surface area contributed by atoms with E-state index in [0.717, 1.165) is 11.3 Å². The minimum Gasteiger partial charge on any atom is -0.457 e. The lowest BCUT2D eigenvalue weighted by Crippen LogP contribution is -2.14. The molecule has 0 radical (unpaired) electrons. The number of hydrogen-bond donors (Lipinski definition) is 2. The molecule has 0 saturated carbocycles. The van der Waals surface area contributed by atoms with Crippen LogP contribution in [-0.2, 0) is 4.79 Å². The maximum atomic E-state index is 12.2. The van der Waals surface area contributed by atoms with Crippen LogP contribution >= 0.6 is 11.8 Å². The highest BCUT2D eigenvalue weighted by Crippen LogP contribution is 2.23. The molecule has 29 heavy (non-hydrogen) atoms. The van der Waals surface area contributed by atoms with Crippen LogP contribution in [-0.4, -0.2) is 31.8 Å². The molecule has 0 aliphatic rings. The summed E-state index contributed by atoms with van der Waals surface area (Å²) in [6, 6.07) is 20.4. The van der Waals surface area contributed by atoms with Crippen LogP contribution in [0.1, 0.15) is 0 Å². The van der Waals surface area contributed by atoms with E-state index in [1.165, 1.54) is 11.8 Å². The minimum atomic E-state index is -0.137. The molecule has 0 bridgehead atoms. The molecule has 0 aliphatic heterocycles. The van der Waals surface area contributed by atoms with Gasteiger partial charge in [-0.1, -0.05) is 30.0 Å². The molecule has 0 unspecified atom stereocenters. The van der Waals surface area contributed by atoms with Crippen molar-refractivity contribution in [3.8, 4) is 22.9 Å². The number of aromatic amines is 1. The van der Waals surface area contributed by atoms with Crippen molar-refractivity contribution in [1.29, 1.82) is 0 Å². The van der Waals surface area contributed by atoms with Gasteiger partial charge in [0.15, 0.2) is 5.82 Å². The number of thioether (sulfide) groups is 1. The lowest BCUT2D eigenvalue weighted by atomic mass is 10.3. The van der Waals surface area contributed by atoms with E-state index < -0.39 is 0 Å². The molecule has 1 amide bonds. The summed E-state index contributed by atoms with van der Waals surface area (Å²) in [5.41, 5.74) is 1.59. The van der Waals surface area contributed by atoms with Crippen molar-refractivity contribution in [2.24, 2.45) is 0 Å². The van der Waals surface area contributed by atoms with Crippen molar-refractivity contribution < 1.29 is 9.53 Å². The number of nitrogens with one attached hydrogen (secondary N) is 2. The molecule has 0 fully saturated rings. The van der Waals surface area contributed by atoms with Crippen LogP contribution in [0.5, 0.6) is 11.5 Å². The first kappa shape index (κ1) is 18.7. The SMILES string of the molecule is O=C(CSc1n[nH]c(-c2ccncc2)n1)Nc1ccc(Oc2ccccc2)cc1. The summed E-state index contributed by atoms with van der Waals surface area (Å²) in [5.74, 6) is 2.17. The van der Waals surface area contributed by atoms with Crippen LogP contribution in [0.3, 0.4) is 0 Å². The van der Waals surface area contributed by atoms with Crippen LogP contribution in [0.15, 0.2) is 84.3 Å². The van der Waals surface area contributed by atoms with E-state index in [9.17, 15) is 4.79 Å². The van der Waals surface area contributed by atoms with Gasteiger partial charge in [0.25, 0.3) is 0 Å². The number of para-hydroxylation sites is 1. The number of rotatable bonds is 7. The molecule has 0 spiro atoms. The number of amides is 1. The molecule has 7 nitrogen and oxygen atoms in total. The van der Waals surface area contributed by atoms with E-state index in [4.69, 9.17) is 4.74 Å². The van der Waals surface area contributed by atoms with Crippen molar-refractivity contribution in [1.82, 2.24) is 20.2 Å². The van der Waals surface area contributed by atoms with Crippen molar-refractivity contribution in [3.05, 3.63) is 79.1 Å². The van der Waals surface area contributed by atoms with Gasteiger partial charge in [0.05, 0.1) is 5.75 Å². The fourth-order valence-electron chi connectivity index (χ4n) is 2.51. The Morgan fingerprint density at radius 2 is 1.69 bits per heavy atom. The zero-order valence-corrected chi connectivity index (χ0v) is 16.1. The molecule has 0 aliphatic carbocycles. The molecule has 2 aromatic heterocycles. The highest BCUT2D eigenvalue weighted by atomic mass is 32.2. The maximum Gasteiger partial charge on any atom is 0.234 e.